The highest BCUT2D eigenvalue weighted by molar-refractivity contribution is 8.13. The highest BCUT2D eigenvalue weighted by Crippen LogP contribution is 2.31. The molecule has 1 aromatic heterocycles. The zero-order valence-corrected chi connectivity index (χ0v) is 18.0. The van der Waals surface area contributed by atoms with Crippen LogP contribution in [0.2, 0.25) is 0 Å². The predicted molar refractivity (Wildman–Crippen MR) is 114 cm³/mol. The van der Waals surface area contributed by atoms with Gasteiger partial charge in [0.15, 0.2) is 5.92 Å². The van der Waals surface area contributed by atoms with Crippen molar-refractivity contribution in [2.45, 2.75) is 11.9 Å². The second-order valence-electron chi connectivity index (χ2n) is 6.88. The van der Waals surface area contributed by atoms with Crippen LogP contribution in [0.4, 0.5) is 18.0 Å². The fraction of sp³-hybridized carbons (Fsp3) is 0.250. The van der Waals surface area contributed by atoms with E-state index in [-0.39, 0.29) is 0 Å². The first-order valence-electron chi connectivity index (χ1n) is 9.09. The SMILES string of the molecule is CN1C(=O)C2C(SCc3ccc(C(F)(F)F)cc3)=NC(c3cccs3)=NC2=[N+](C)C1=O. The van der Waals surface area contributed by atoms with Gasteiger partial charge in [-0.25, -0.2) is 9.79 Å². The number of carbonyl (C=O) groups excluding carboxylic acids is 2. The fourth-order valence-electron chi connectivity index (χ4n) is 3.15. The number of urea groups is 1. The van der Waals surface area contributed by atoms with Crippen molar-refractivity contribution in [1.29, 1.82) is 0 Å². The molecule has 160 valence electrons. The van der Waals surface area contributed by atoms with E-state index in [1.165, 1.54) is 46.9 Å². The lowest BCUT2D eigenvalue weighted by atomic mass is 10.0. The van der Waals surface area contributed by atoms with Crippen molar-refractivity contribution in [3.8, 4) is 0 Å². The average Bonchev–Trinajstić information content (AvgIpc) is 3.29. The van der Waals surface area contributed by atoms with E-state index in [2.05, 4.69) is 9.98 Å². The molecule has 0 bridgehead atoms. The topological polar surface area (TPSA) is 65.1 Å². The van der Waals surface area contributed by atoms with Crippen LogP contribution in [0.15, 0.2) is 51.8 Å². The number of thiophene rings is 1. The number of alkyl halides is 3. The Morgan fingerprint density at radius 3 is 2.48 bits per heavy atom. The number of hydrogen-bond acceptors (Lipinski definition) is 6. The predicted octanol–water partition coefficient (Wildman–Crippen LogP) is 4.11. The molecule has 2 aliphatic heterocycles. The van der Waals surface area contributed by atoms with Crippen LogP contribution in [0.25, 0.3) is 0 Å². The third-order valence-electron chi connectivity index (χ3n) is 4.85. The third-order valence-corrected chi connectivity index (χ3v) is 6.81. The van der Waals surface area contributed by atoms with E-state index in [0.29, 0.717) is 28.0 Å². The van der Waals surface area contributed by atoms with Crippen LogP contribution in [0.3, 0.4) is 0 Å². The monoisotopic (exact) mass is 465 g/mol. The Morgan fingerprint density at radius 1 is 1.16 bits per heavy atom. The maximum atomic E-state index is 12.9. The van der Waals surface area contributed by atoms with E-state index in [9.17, 15) is 22.8 Å². The highest BCUT2D eigenvalue weighted by atomic mass is 32.2. The summed E-state index contributed by atoms with van der Waals surface area (Å²) in [5.41, 5.74) is -0.0632. The number of rotatable bonds is 3. The van der Waals surface area contributed by atoms with Crippen LogP contribution >= 0.6 is 23.1 Å². The lowest BCUT2D eigenvalue weighted by Crippen LogP contribution is -2.54. The molecule has 4 rings (SSSR count). The summed E-state index contributed by atoms with van der Waals surface area (Å²) in [5, 5.41) is 2.32. The molecule has 11 heteroatoms. The van der Waals surface area contributed by atoms with E-state index in [0.717, 1.165) is 21.9 Å². The van der Waals surface area contributed by atoms with Crippen molar-refractivity contribution in [2.75, 3.05) is 14.1 Å². The molecule has 3 heterocycles. The summed E-state index contributed by atoms with van der Waals surface area (Å²) in [7, 11) is 2.95. The van der Waals surface area contributed by atoms with Crippen molar-refractivity contribution < 1.29 is 27.3 Å². The van der Waals surface area contributed by atoms with Crippen LogP contribution < -0.4 is 0 Å². The minimum Gasteiger partial charge on any atom is -0.255 e. The molecule has 1 aromatic carbocycles. The van der Waals surface area contributed by atoms with E-state index in [1.54, 1.807) is 7.05 Å². The molecule has 0 N–H and O–H groups in total. The first-order chi connectivity index (χ1) is 14.7. The number of halogens is 3. The van der Waals surface area contributed by atoms with Gasteiger partial charge < -0.3 is 0 Å². The molecule has 31 heavy (non-hydrogen) atoms. The Balaban J connectivity index is 1.67. The van der Waals surface area contributed by atoms with E-state index in [1.807, 2.05) is 17.5 Å². The Bertz CT molecular complexity index is 1140. The molecule has 2 aromatic rings. The van der Waals surface area contributed by atoms with Crippen LogP contribution in [0, 0.1) is 5.92 Å². The van der Waals surface area contributed by atoms with Gasteiger partial charge in [0.25, 0.3) is 5.84 Å². The number of nitrogens with zero attached hydrogens (tertiary/aromatic N) is 4. The fourth-order valence-corrected chi connectivity index (χ4v) is 4.84. The minimum absolute atomic E-state index is 0.293. The Kier molecular flexibility index (Phi) is 5.56. The molecule has 0 spiro atoms. The Labute approximate surface area is 183 Å². The standard InChI is InChI=1S/C20H16F3N4O2S2/c1-26-16-14(18(28)27(2)19(26)29)17(25-15(24-16)13-4-3-9-30-13)31-10-11-5-7-12(8-6-11)20(21,22)23/h3-9,14H,10H2,1-2H3/q+1. The van der Waals surface area contributed by atoms with Gasteiger partial charge in [0, 0.05) is 5.75 Å². The molecule has 0 fully saturated rings. The summed E-state index contributed by atoms with van der Waals surface area (Å²) in [6.07, 6.45) is -4.40. The van der Waals surface area contributed by atoms with Crippen molar-refractivity contribution >= 4 is 51.8 Å². The molecule has 1 atom stereocenters. The number of aliphatic imine (C=N–C) groups is 2. The maximum absolute atomic E-state index is 12.9. The van der Waals surface area contributed by atoms with Gasteiger partial charge in [0.05, 0.1) is 24.5 Å². The van der Waals surface area contributed by atoms with Crippen LogP contribution in [-0.4, -0.2) is 52.2 Å². The number of thioether (sulfide) groups is 1. The van der Waals surface area contributed by atoms with E-state index in [4.69, 9.17) is 0 Å². The number of hydrogen-bond donors (Lipinski definition) is 0. The maximum Gasteiger partial charge on any atom is 0.445 e. The first-order valence-corrected chi connectivity index (χ1v) is 11.0. The van der Waals surface area contributed by atoms with Gasteiger partial charge in [-0.2, -0.15) is 22.6 Å². The number of amidine groups is 2. The summed E-state index contributed by atoms with van der Waals surface area (Å²) < 4.78 is 39.7. The number of amides is 3. The summed E-state index contributed by atoms with van der Waals surface area (Å²) in [6.45, 7) is 0. The van der Waals surface area contributed by atoms with Gasteiger partial charge in [-0.15, -0.1) is 23.1 Å². The molecular formula is C20H16F3N4O2S2+. The highest BCUT2D eigenvalue weighted by Gasteiger charge is 2.49. The summed E-state index contributed by atoms with van der Waals surface area (Å²) in [5.74, 6) is -0.274. The van der Waals surface area contributed by atoms with Gasteiger partial charge in [-0.1, -0.05) is 23.2 Å². The van der Waals surface area contributed by atoms with Crippen LogP contribution in [0.1, 0.15) is 16.0 Å². The molecular weight excluding hydrogens is 449 g/mol. The lowest BCUT2D eigenvalue weighted by molar-refractivity contribution is -0.407. The van der Waals surface area contributed by atoms with E-state index < -0.39 is 29.6 Å². The minimum atomic E-state index is -4.40. The molecule has 0 saturated heterocycles. The van der Waals surface area contributed by atoms with Crippen LogP contribution in [0.5, 0.6) is 0 Å². The first kappa shape index (κ1) is 21.4. The van der Waals surface area contributed by atoms with Crippen molar-refractivity contribution in [2.24, 2.45) is 15.9 Å². The van der Waals surface area contributed by atoms with Crippen molar-refractivity contribution in [3.63, 3.8) is 0 Å². The molecule has 0 saturated carbocycles. The number of fused-ring (bicyclic) bond motifs is 1. The lowest BCUT2D eigenvalue weighted by Gasteiger charge is -2.26. The quantitative estimate of drug-likeness (QED) is 0.641. The van der Waals surface area contributed by atoms with E-state index >= 15 is 0 Å². The molecule has 1 unspecified atom stereocenters. The van der Waals surface area contributed by atoms with Gasteiger partial charge in [0.1, 0.15) is 5.04 Å². The Morgan fingerprint density at radius 2 is 1.87 bits per heavy atom. The molecule has 6 nitrogen and oxygen atoms in total. The van der Waals surface area contributed by atoms with Crippen molar-refractivity contribution in [1.82, 2.24) is 4.90 Å². The second kappa shape index (κ2) is 8.04. The number of imide groups is 1. The Hall–Kier alpha value is -2.79. The average molecular weight is 466 g/mol. The number of benzene rings is 1. The summed E-state index contributed by atoms with van der Waals surface area (Å²) in [6, 6.07) is 8.06. The molecule has 0 radical (unpaired) electrons. The van der Waals surface area contributed by atoms with Gasteiger partial charge >= 0.3 is 18.1 Å². The van der Waals surface area contributed by atoms with Gasteiger partial charge in [0.2, 0.25) is 5.84 Å². The summed E-state index contributed by atoms with van der Waals surface area (Å²) >= 11 is 2.67. The van der Waals surface area contributed by atoms with Crippen LogP contribution in [-0.2, 0) is 16.7 Å². The smallest absolute Gasteiger partial charge is 0.255 e. The van der Waals surface area contributed by atoms with Gasteiger partial charge in [-0.05, 0) is 29.1 Å². The normalized spacial score (nSPS) is 19.4. The molecule has 2 aliphatic rings. The van der Waals surface area contributed by atoms with Crippen molar-refractivity contribution in [3.05, 3.63) is 57.8 Å². The largest absolute Gasteiger partial charge is 0.445 e. The molecule has 0 aliphatic carbocycles. The second-order valence-corrected chi connectivity index (χ2v) is 8.82. The zero-order valence-electron chi connectivity index (χ0n) is 16.4. The third kappa shape index (κ3) is 4.07. The zero-order chi connectivity index (χ0) is 22.3. The molecule has 3 amide bonds. The number of carbonyl (C=O) groups is 2. The summed E-state index contributed by atoms with van der Waals surface area (Å²) in [4.78, 5) is 36.1. The van der Waals surface area contributed by atoms with Gasteiger partial charge in [-0.3, -0.25) is 4.79 Å².